The van der Waals surface area contributed by atoms with Crippen molar-refractivity contribution in [3.63, 3.8) is 0 Å². The molecule has 0 fully saturated rings. The summed E-state index contributed by atoms with van der Waals surface area (Å²) in [6.07, 6.45) is 2.76. The number of carbonyl (C=O) groups excluding carboxylic acids is 1. The Labute approximate surface area is 115 Å². The number of benzene rings is 1. The number of hydrogen-bond donors (Lipinski definition) is 0. The Hall–Kier alpha value is -2.56. The predicted octanol–water partition coefficient (Wildman–Crippen LogP) is 1.59. The first kappa shape index (κ1) is 12.5. The number of methoxy groups -OCH3 is 1. The Balaban J connectivity index is 2.18. The lowest BCUT2D eigenvalue weighted by molar-refractivity contribution is 0.112. The van der Waals surface area contributed by atoms with Crippen LogP contribution in [0, 0.1) is 0 Å². The van der Waals surface area contributed by atoms with Gasteiger partial charge in [0.15, 0.2) is 6.29 Å². The van der Waals surface area contributed by atoms with Gasteiger partial charge in [-0.05, 0) is 24.3 Å². The molecule has 3 rings (SSSR count). The lowest BCUT2D eigenvalue weighted by Gasteiger charge is -2.10. The summed E-state index contributed by atoms with van der Waals surface area (Å²) in [5.74, 6) is 1.14. The third-order valence-corrected chi connectivity index (χ3v) is 3.36. The first-order valence-corrected chi connectivity index (χ1v) is 6.25. The maximum Gasteiger partial charge on any atom is 0.262 e. The van der Waals surface area contributed by atoms with Crippen LogP contribution in [0.25, 0.3) is 5.69 Å². The molecule has 5 nitrogen and oxygen atoms in total. The van der Waals surface area contributed by atoms with Gasteiger partial charge in [-0.1, -0.05) is 0 Å². The van der Waals surface area contributed by atoms with Crippen molar-refractivity contribution in [1.82, 2.24) is 4.57 Å². The van der Waals surface area contributed by atoms with E-state index in [1.54, 1.807) is 31.4 Å². The Kier molecular flexibility index (Phi) is 3.02. The van der Waals surface area contributed by atoms with E-state index in [4.69, 9.17) is 9.47 Å². The molecule has 0 unspecified atom stereocenters. The van der Waals surface area contributed by atoms with Crippen molar-refractivity contribution in [2.75, 3.05) is 13.7 Å². The minimum Gasteiger partial charge on any atom is -0.497 e. The highest BCUT2D eigenvalue weighted by atomic mass is 16.5. The Morgan fingerprint density at radius 2 is 2.05 bits per heavy atom. The highest BCUT2D eigenvalue weighted by Gasteiger charge is 2.22. The molecule has 0 radical (unpaired) electrons. The molecule has 0 spiro atoms. The normalized spacial score (nSPS) is 12.7. The Morgan fingerprint density at radius 1 is 1.30 bits per heavy atom. The summed E-state index contributed by atoms with van der Waals surface area (Å²) in [6.45, 7) is 0.442. The van der Waals surface area contributed by atoms with Crippen molar-refractivity contribution in [2.45, 2.75) is 6.42 Å². The van der Waals surface area contributed by atoms with Crippen LogP contribution in [0.15, 0.2) is 35.3 Å². The molecule has 0 aliphatic carbocycles. The molecule has 1 aliphatic rings. The van der Waals surface area contributed by atoms with Crippen molar-refractivity contribution in [1.29, 1.82) is 0 Å². The molecule has 20 heavy (non-hydrogen) atoms. The van der Waals surface area contributed by atoms with Gasteiger partial charge in [-0.15, -0.1) is 0 Å². The van der Waals surface area contributed by atoms with Crippen LogP contribution in [0.2, 0.25) is 0 Å². The number of nitrogens with zero attached hydrogens (tertiary/aromatic N) is 1. The molecule has 0 N–H and O–H groups in total. The van der Waals surface area contributed by atoms with Crippen LogP contribution in [-0.2, 0) is 6.42 Å². The van der Waals surface area contributed by atoms with Crippen molar-refractivity contribution in [3.05, 3.63) is 51.9 Å². The fraction of sp³-hybridized carbons (Fsp3) is 0.200. The summed E-state index contributed by atoms with van der Waals surface area (Å²) < 4.78 is 11.9. The zero-order valence-electron chi connectivity index (χ0n) is 11.0. The van der Waals surface area contributed by atoms with E-state index in [2.05, 4.69) is 0 Å². The highest BCUT2D eigenvalue weighted by Crippen LogP contribution is 2.26. The summed E-state index contributed by atoms with van der Waals surface area (Å²) >= 11 is 0. The van der Waals surface area contributed by atoms with E-state index >= 15 is 0 Å². The minimum atomic E-state index is -0.145. The molecule has 1 aromatic carbocycles. The molecule has 0 saturated carbocycles. The maximum absolute atomic E-state index is 12.4. The van der Waals surface area contributed by atoms with Crippen molar-refractivity contribution in [2.24, 2.45) is 0 Å². The van der Waals surface area contributed by atoms with Crippen LogP contribution in [0.5, 0.6) is 11.5 Å². The SMILES string of the molecule is COc1ccc(-n2cc(C=O)c3c(c2=O)CCO3)cc1. The van der Waals surface area contributed by atoms with Gasteiger partial charge in [0.1, 0.15) is 11.5 Å². The van der Waals surface area contributed by atoms with Gasteiger partial charge < -0.3 is 9.47 Å². The van der Waals surface area contributed by atoms with Crippen LogP contribution in [0.4, 0.5) is 0 Å². The van der Waals surface area contributed by atoms with Crippen molar-refractivity contribution in [3.8, 4) is 17.2 Å². The van der Waals surface area contributed by atoms with Gasteiger partial charge in [-0.2, -0.15) is 0 Å². The number of fused-ring (bicyclic) bond motifs is 1. The largest absolute Gasteiger partial charge is 0.497 e. The average Bonchev–Trinajstić information content (AvgIpc) is 2.98. The Morgan fingerprint density at radius 3 is 2.70 bits per heavy atom. The summed E-state index contributed by atoms with van der Waals surface area (Å²) in [5.41, 5.74) is 1.50. The van der Waals surface area contributed by atoms with Crippen molar-refractivity contribution < 1.29 is 14.3 Å². The number of ether oxygens (including phenoxy) is 2. The second-order valence-corrected chi connectivity index (χ2v) is 4.48. The molecular formula is C15H13NO4. The molecule has 5 heteroatoms. The van der Waals surface area contributed by atoms with Gasteiger partial charge in [-0.25, -0.2) is 0 Å². The molecule has 0 atom stereocenters. The van der Waals surface area contributed by atoms with Gasteiger partial charge in [0.25, 0.3) is 5.56 Å². The predicted molar refractivity (Wildman–Crippen MR) is 73.2 cm³/mol. The quantitative estimate of drug-likeness (QED) is 0.795. The summed E-state index contributed by atoms with van der Waals surface area (Å²) in [4.78, 5) is 23.6. The van der Waals surface area contributed by atoms with E-state index in [-0.39, 0.29) is 5.56 Å². The van der Waals surface area contributed by atoms with Gasteiger partial charge >= 0.3 is 0 Å². The van der Waals surface area contributed by atoms with Gasteiger partial charge in [-0.3, -0.25) is 14.2 Å². The third-order valence-electron chi connectivity index (χ3n) is 3.36. The van der Waals surface area contributed by atoms with Crippen LogP contribution in [0.1, 0.15) is 15.9 Å². The fourth-order valence-corrected chi connectivity index (χ4v) is 2.34. The number of aldehydes is 1. The van der Waals surface area contributed by atoms with E-state index in [0.29, 0.717) is 47.6 Å². The molecule has 1 aliphatic heterocycles. The number of pyridine rings is 1. The van der Waals surface area contributed by atoms with E-state index < -0.39 is 0 Å². The summed E-state index contributed by atoms with van der Waals surface area (Å²) in [5, 5.41) is 0. The summed E-state index contributed by atoms with van der Waals surface area (Å²) in [7, 11) is 1.58. The standard InChI is InChI=1S/C15H13NO4/c1-19-12-4-2-11(3-5-12)16-8-10(9-17)14-13(15(16)18)6-7-20-14/h2-5,8-9H,6-7H2,1H3. The minimum absolute atomic E-state index is 0.145. The molecule has 0 bridgehead atoms. The van der Waals surface area contributed by atoms with Crippen LogP contribution < -0.4 is 15.0 Å². The molecule has 2 aromatic rings. The zero-order chi connectivity index (χ0) is 14.1. The molecule has 0 amide bonds. The highest BCUT2D eigenvalue weighted by molar-refractivity contribution is 5.80. The first-order valence-electron chi connectivity index (χ1n) is 6.25. The fourth-order valence-electron chi connectivity index (χ4n) is 2.34. The van der Waals surface area contributed by atoms with Crippen LogP contribution in [0.3, 0.4) is 0 Å². The van der Waals surface area contributed by atoms with E-state index in [9.17, 15) is 9.59 Å². The zero-order valence-corrected chi connectivity index (χ0v) is 11.0. The van der Waals surface area contributed by atoms with E-state index in [0.717, 1.165) is 0 Å². The second kappa shape index (κ2) is 4.85. The molecule has 102 valence electrons. The molecule has 2 heterocycles. The summed E-state index contributed by atoms with van der Waals surface area (Å²) in [6, 6.07) is 7.09. The topological polar surface area (TPSA) is 57.5 Å². The van der Waals surface area contributed by atoms with Gasteiger partial charge in [0.2, 0.25) is 0 Å². The average molecular weight is 271 g/mol. The van der Waals surface area contributed by atoms with Gasteiger partial charge in [0.05, 0.1) is 24.8 Å². The van der Waals surface area contributed by atoms with Crippen LogP contribution >= 0.6 is 0 Å². The second-order valence-electron chi connectivity index (χ2n) is 4.48. The van der Waals surface area contributed by atoms with E-state index in [1.807, 2.05) is 0 Å². The van der Waals surface area contributed by atoms with E-state index in [1.165, 1.54) is 10.8 Å². The molecular weight excluding hydrogens is 258 g/mol. The number of rotatable bonds is 3. The lowest BCUT2D eigenvalue weighted by atomic mass is 10.1. The monoisotopic (exact) mass is 271 g/mol. The maximum atomic E-state index is 12.4. The lowest BCUT2D eigenvalue weighted by Crippen LogP contribution is -2.21. The number of hydrogen-bond acceptors (Lipinski definition) is 4. The van der Waals surface area contributed by atoms with Gasteiger partial charge in [0, 0.05) is 18.3 Å². The third kappa shape index (κ3) is 1.87. The molecule has 1 aromatic heterocycles. The number of carbonyl (C=O) groups is 1. The number of aromatic nitrogens is 1. The first-order chi connectivity index (χ1) is 9.74. The smallest absolute Gasteiger partial charge is 0.262 e. The Bertz CT molecular complexity index is 716. The van der Waals surface area contributed by atoms with Crippen LogP contribution in [-0.4, -0.2) is 24.6 Å². The molecule has 0 saturated heterocycles. The van der Waals surface area contributed by atoms with Crippen molar-refractivity contribution >= 4 is 6.29 Å².